The highest BCUT2D eigenvalue weighted by Gasteiger charge is 2.42. The van der Waals surface area contributed by atoms with Crippen LogP contribution in [-0.4, -0.2) is 36.3 Å². The summed E-state index contributed by atoms with van der Waals surface area (Å²) < 4.78 is 11.6. The lowest BCUT2D eigenvalue weighted by Crippen LogP contribution is -2.52. The predicted molar refractivity (Wildman–Crippen MR) is 112 cm³/mol. The van der Waals surface area contributed by atoms with Gasteiger partial charge >= 0.3 is 0 Å². The van der Waals surface area contributed by atoms with Crippen LogP contribution < -0.4 is 10.1 Å². The molecule has 2 fully saturated rings. The lowest BCUT2D eigenvalue weighted by molar-refractivity contribution is -0.131. The summed E-state index contributed by atoms with van der Waals surface area (Å²) in [4.78, 5) is 17.7. The van der Waals surface area contributed by atoms with Gasteiger partial charge in [0.05, 0.1) is 5.41 Å². The van der Waals surface area contributed by atoms with Crippen molar-refractivity contribution in [2.75, 3.05) is 13.2 Å². The molecule has 1 aliphatic heterocycles. The van der Waals surface area contributed by atoms with Crippen molar-refractivity contribution in [3.05, 3.63) is 59.8 Å². The van der Waals surface area contributed by atoms with Gasteiger partial charge in [-0.05, 0) is 56.6 Å². The van der Waals surface area contributed by atoms with E-state index in [-0.39, 0.29) is 18.1 Å². The highest BCUT2D eigenvalue weighted by Crippen LogP contribution is 2.36. The van der Waals surface area contributed by atoms with Crippen molar-refractivity contribution in [3.8, 4) is 5.88 Å². The maximum absolute atomic E-state index is 13.4. The summed E-state index contributed by atoms with van der Waals surface area (Å²) in [6.45, 7) is 3.28. The van der Waals surface area contributed by atoms with Gasteiger partial charge in [-0.15, -0.1) is 0 Å². The second-order valence-corrected chi connectivity index (χ2v) is 8.30. The second kappa shape index (κ2) is 8.95. The molecule has 5 heteroatoms. The number of aromatic nitrogens is 1. The maximum Gasteiger partial charge on any atom is 0.231 e. The normalized spacial score (nSPS) is 23.9. The number of aryl methyl sites for hydroxylation is 1. The van der Waals surface area contributed by atoms with E-state index in [2.05, 4.69) is 22.4 Å². The minimum Gasteiger partial charge on any atom is -0.474 e. The van der Waals surface area contributed by atoms with E-state index < -0.39 is 5.41 Å². The van der Waals surface area contributed by atoms with Crippen LogP contribution in [0.15, 0.2) is 48.7 Å². The number of hydrogen-bond donors (Lipinski definition) is 1. The third-order valence-electron chi connectivity index (χ3n) is 6.29. The Labute approximate surface area is 172 Å². The van der Waals surface area contributed by atoms with Crippen LogP contribution in [0.3, 0.4) is 0 Å². The predicted octanol–water partition coefficient (Wildman–Crippen LogP) is 3.94. The van der Waals surface area contributed by atoms with Gasteiger partial charge in [-0.25, -0.2) is 4.98 Å². The van der Waals surface area contributed by atoms with E-state index in [1.807, 2.05) is 43.5 Å². The molecule has 2 heterocycles. The molecule has 5 nitrogen and oxygen atoms in total. The number of rotatable bonds is 5. The molecule has 1 aromatic heterocycles. The van der Waals surface area contributed by atoms with Gasteiger partial charge in [0.25, 0.3) is 0 Å². The zero-order valence-corrected chi connectivity index (χ0v) is 17.1. The van der Waals surface area contributed by atoms with E-state index in [1.54, 1.807) is 0 Å². The van der Waals surface area contributed by atoms with Crippen molar-refractivity contribution in [2.24, 2.45) is 0 Å². The van der Waals surface area contributed by atoms with E-state index in [4.69, 9.17) is 9.47 Å². The third kappa shape index (κ3) is 4.61. The van der Waals surface area contributed by atoms with Crippen LogP contribution in [0.4, 0.5) is 0 Å². The zero-order valence-electron chi connectivity index (χ0n) is 17.1. The van der Waals surface area contributed by atoms with Gasteiger partial charge in [-0.2, -0.15) is 0 Å². The lowest BCUT2D eigenvalue weighted by atomic mass is 9.73. The third-order valence-corrected chi connectivity index (χ3v) is 6.29. The van der Waals surface area contributed by atoms with Gasteiger partial charge in [0, 0.05) is 31.5 Å². The molecule has 1 N–H and O–H groups in total. The molecule has 1 saturated carbocycles. The highest BCUT2D eigenvalue weighted by atomic mass is 16.5. The molecule has 1 saturated heterocycles. The molecule has 0 unspecified atom stereocenters. The number of pyridine rings is 1. The summed E-state index contributed by atoms with van der Waals surface area (Å²) in [5.41, 5.74) is 1.76. The summed E-state index contributed by atoms with van der Waals surface area (Å²) in [6.07, 6.45) is 7.21. The van der Waals surface area contributed by atoms with Crippen LogP contribution in [0, 0.1) is 6.92 Å². The van der Waals surface area contributed by atoms with E-state index in [1.165, 1.54) is 0 Å². The van der Waals surface area contributed by atoms with Crippen molar-refractivity contribution in [2.45, 2.75) is 63.0 Å². The summed E-state index contributed by atoms with van der Waals surface area (Å²) >= 11 is 0. The Hall–Kier alpha value is -2.40. The number of ether oxygens (including phenoxy) is 2. The quantitative estimate of drug-likeness (QED) is 0.834. The molecule has 0 radical (unpaired) electrons. The van der Waals surface area contributed by atoms with Crippen LogP contribution in [0.25, 0.3) is 0 Å². The van der Waals surface area contributed by atoms with Gasteiger partial charge in [0.15, 0.2) is 0 Å². The minimum absolute atomic E-state index is 0.150. The highest BCUT2D eigenvalue weighted by molar-refractivity contribution is 5.88. The fourth-order valence-electron chi connectivity index (χ4n) is 4.47. The number of carbonyl (C=O) groups excluding carboxylic acids is 1. The average Bonchev–Trinajstić information content (AvgIpc) is 2.78. The molecule has 0 bridgehead atoms. The number of carbonyl (C=O) groups is 1. The molecular weight excluding hydrogens is 364 g/mol. The first-order chi connectivity index (χ1) is 14.2. The number of nitrogens with zero attached hydrogens (tertiary/aromatic N) is 1. The van der Waals surface area contributed by atoms with E-state index in [0.717, 1.165) is 49.7 Å². The Morgan fingerprint density at radius 3 is 2.45 bits per heavy atom. The van der Waals surface area contributed by atoms with Crippen LogP contribution >= 0.6 is 0 Å². The molecule has 29 heavy (non-hydrogen) atoms. The van der Waals surface area contributed by atoms with Crippen LogP contribution in [0.5, 0.6) is 5.88 Å². The standard InChI is InChI=1S/C24H30N2O3/c1-18-7-12-22(25-17-18)29-21-10-8-20(9-11-21)26-23(27)24(13-15-28-16-14-24)19-5-3-2-4-6-19/h2-7,12,17,20-21H,8-11,13-16H2,1H3,(H,26,27). The molecule has 0 atom stereocenters. The number of hydrogen-bond acceptors (Lipinski definition) is 4. The molecule has 2 aliphatic rings. The van der Waals surface area contributed by atoms with Gasteiger partial charge in [-0.3, -0.25) is 4.79 Å². The first-order valence-corrected chi connectivity index (χ1v) is 10.7. The van der Waals surface area contributed by atoms with E-state index in [0.29, 0.717) is 19.1 Å². The molecule has 1 aliphatic carbocycles. The Kier molecular flexibility index (Phi) is 6.14. The van der Waals surface area contributed by atoms with E-state index in [9.17, 15) is 4.79 Å². The molecule has 0 spiro atoms. The van der Waals surface area contributed by atoms with E-state index >= 15 is 0 Å². The minimum atomic E-state index is -0.474. The molecule has 2 aromatic rings. The SMILES string of the molecule is Cc1ccc(OC2CCC(NC(=O)C3(c4ccccc4)CCOCC3)CC2)nc1. The van der Waals surface area contributed by atoms with Crippen molar-refractivity contribution >= 4 is 5.91 Å². The second-order valence-electron chi connectivity index (χ2n) is 8.30. The fraction of sp³-hybridized carbons (Fsp3) is 0.500. The van der Waals surface area contributed by atoms with Crippen LogP contribution in [0.1, 0.15) is 49.7 Å². The lowest BCUT2D eigenvalue weighted by Gasteiger charge is -2.38. The Bertz CT molecular complexity index is 793. The molecule has 1 aromatic carbocycles. The summed E-state index contributed by atoms with van der Waals surface area (Å²) in [5, 5.41) is 3.35. The average molecular weight is 395 g/mol. The van der Waals surface area contributed by atoms with Gasteiger partial charge in [0.2, 0.25) is 11.8 Å². The van der Waals surface area contributed by atoms with Crippen LogP contribution in [-0.2, 0) is 14.9 Å². The largest absolute Gasteiger partial charge is 0.474 e. The summed E-state index contributed by atoms with van der Waals surface area (Å²) in [7, 11) is 0. The van der Waals surface area contributed by atoms with Crippen molar-refractivity contribution in [1.82, 2.24) is 10.3 Å². The molecule has 1 amide bonds. The molecular formula is C24H30N2O3. The van der Waals surface area contributed by atoms with Gasteiger partial charge in [-0.1, -0.05) is 36.4 Å². The zero-order chi connectivity index (χ0) is 20.1. The van der Waals surface area contributed by atoms with Crippen LogP contribution in [0.2, 0.25) is 0 Å². The summed E-state index contributed by atoms with van der Waals surface area (Å²) in [5.74, 6) is 0.838. The topological polar surface area (TPSA) is 60.5 Å². The van der Waals surface area contributed by atoms with Crippen molar-refractivity contribution in [3.63, 3.8) is 0 Å². The monoisotopic (exact) mass is 394 g/mol. The Balaban J connectivity index is 1.35. The molecule has 154 valence electrons. The maximum atomic E-state index is 13.4. The van der Waals surface area contributed by atoms with Crippen molar-refractivity contribution in [1.29, 1.82) is 0 Å². The molecule has 4 rings (SSSR count). The number of amides is 1. The Morgan fingerprint density at radius 1 is 1.07 bits per heavy atom. The van der Waals surface area contributed by atoms with Gasteiger partial charge in [0.1, 0.15) is 6.10 Å². The summed E-state index contributed by atoms with van der Waals surface area (Å²) in [6, 6.07) is 14.3. The number of nitrogens with one attached hydrogen (secondary N) is 1. The smallest absolute Gasteiger partial charge is 0.231 e. The Morgan fingerprint density at radius 2 is 1.79 bits per heavy atom. The van der Waals surface area contributed by atoms with Crippen molar-refractivity contribution < 1.29 is 14.3 Å². The first kappa shape index (κ1) is 19.9. The van der Waals surface area contributed by atoms with Gasteiger partial charge < -0.3 is 14.8 Å². The fourth-order valence-corrected chi connectivity index (χ4v) is 4.47. The number of benzene rings is 1. The first-order valence-electron chi connectivity index (χ1n) is 10.7.